The summed E-state index contributed by atoms with van der Waals surface area (Å²) in [5.41, 5.74) is 1.44. The number of imidazole rings is 1. The second kappa shape index (κ2) is 7.97. The normalized spacial score (nSPS) is 27.8. The minimum absolute atomic E-state index is 0.142. The monoisotopic (exact) mass is 448 g/mol. The summed E-state index contributed by atoms with van der Waals surface area (Å²) in [6.45, 7) is 2.87. The SMILES string of the molecule is CCCn1c(=O)c2c(nc(C3C4CC5CC(C4)C3C5)n2Cc2ccccc2)n(CCO)c1=O. The lowest BCUT2D eigenvalue weighted by Gasteiger charge is -2.32. The molecule has 4 aliphatic carbocycles. The van der Waals surface area contributed by atoms with Gasteiger partial charge in [-0.25, -0.2) is 9.78 Å². The van der Waals surface area contributed by atoms with E-state index >= 15 is 0 Å². The lowest BCUT2D eigenvalue weighted by molar-refractivity contribution is 0.240. The first-order valence-electron chi connectivity index (χ1n) is 12.5. The summed E-state index contributed by atoms with van der Waals surface area (Å²) in [4.78, 5) is 32.0. The van der Waals surface area contributed by atoms with Gasteiger partial charge in [0.1, 0.15) is 5.82 Å². The molecule has 0 amide bonds. The highest BCUT2D eigenvalue weighted by Crippen LogP contribution is 2.64. The van der Waals surface area contributed by atoms with Gasteiger partial charge in [0.15, 0.2) is 11.2 Å². The highest BCUT2D eigenvalue weighted by Gasteiger charge is 2.55. The average molecular weight is 449 g/mol. The quantitative estimate of drug-likeness (QED) is 0.603. The molecule has 4 saturated carbocycles. The van der Waals surface area contributed by atoms with Crippen LogP contribution in [0, 0.1) is 23.7 Å². The van der Waals surface area contributed by atoms with Crippen molar-refractivity contribution in [1.82, 2.24) is 18.7 Å². The molecule has 1 N–H and O–H groups in total. The standard InChI is InChI=1S/C26H32N4O3/c1-2-8-29-25(32)22-24(28(9-10-31)26(29)33)27-23(30(22)15-16-6-4-3-5-7-16)21-19-12-17-11-18(14-19)20(21)13-17/h3-7,17-21,31H,2,8-15H2,1H3. The first-order chi connectivity index (χ1) is 16.1. The van der Waals surface area contributed by atoms with E-state index in [2.05, 4.69) is 16.7 Å². The second-order valence-electron chi connectivity index (χ2n) is 10.3. The smallest absolute Gasteiger partial charge is 0.332 e. The summed E-state index contributed by atoms with van der Waals surface area (Å²) >= 11 is 0. The Kier molecular flexibility index (Phi) is 5.05. The van der Waals surface area contributed by atoms with Gasteiger partial charge in [-0.05, 0) is 61.3 Å². The zero-order valence-corrected chi connectivity index (χ0v) is 19.2. The maximum Gasteiger partial charge on any atom is 0.332 e. The minimum atomic E-state index is -0.367. The fourth-order valence-corrected chi connectivity index (χ4v) is 7.35. The van der Waals surface area contributed by atoms with Gasteiger partial charge in [0.25, 0.3) is 5.56 Å². The van der Waals surface area contributed by atoms with Crippen LogP contribution >= 0.6 is 0 Å². The molecule has 0 spiro atoms. The molecule has 7 nitrogen and oxygen atoms in total. The molecule has 5 unspecified atom stereocenters. The summed E-state index contributed by atoms with van der Waals surface area (Å²) in [7, 11) is 0. The van der Waals surface area contributed by atoms with Crippen molar-refractivity contribution in [2.45, 2.75) is 64.6 Å². The van der Waals surface area contributed by atoms with Crippen LogP contribution in [-0.2, 0) is 19.6 Å². The van der Waals surface area contributed by atoms with E-state index < -0.39 is 0 Å². The molecule has 2 aromatic heterocycles. The number of hydrogen-bond donors (Lipinski definition) is 1. The summed E-state index contributed by atoms with van der Waals surface area (Å²) in [5, 5.41) is 9.71. The first-order valence-corrected chi connectivity index (χ1v) is 12.5. The Bertz CT molecular complexity index is 1300. The molecule has 0 radical (unpaired) electrons. The Balaban J connectivity index is 1.62. The van der Waals surface area contributed by atoms with Crippen molar-refractivity contribution in [3.8, 4) is 0 Å². The number of aromatic nitrogens is 4. The van der Waals surface area contributed by atoms with Crippen LogP contribution < -0.4 is 11.2 Å². The molecule has 5 atom stereocenters. The summed E-state index contributed by atoms with van der Waals surface area (Å²) in [6.07, 6.45) is 5.83. The van der Waals surface area contributed by atoms with Crippen LogP contribution in [0.4, 0.5) is 0 Å². The molecule has 0 aliphatic heterocycles. The molecular formula is C26H32N4O3. The number of rotatable bonds is 7. The van der Waals surface area contributed by atoms with Gasteiger partial charge in [-0.3, -0.25) is 13.9 Å². The van der Waals surface area contributed by atoms with E-state index in [1.807, 2.05) is 25.1 Å². The van der Waals surface area contributed by atoms with Gasteiger partial charge in [-0.1, -0.05) is 37.3 Å². The van der Waals surface area contributed by atoms with E-state index in [1.54, 1.807) is 0 Å². The molecule has 7 rings (SSSR count). The minimum Gasteiger partial charge on any atom is -0.395 e. The number of fused-ring (bicyclic) bond motifs is 1. The molecule has 4 bridgehead atoms. The van der Waals surface area contributed by atoms with Crippen LogP contribution in [0.1, 0.15) is 56.3 Å². The van der Waals surface area contributed by atoms with E-state index in [1.165, 1.54) is 34.8 Å². The number of aliphatic hydroxyl groups excluding tert-OH is 1. The van der Waals surface area contributed by atoms with Crippen molar-refractivity contribution in [1.29, 1.82) is 0 Å². The predicted molar refractivity (Wildman–Crippen MR) is 126 cm³/mol. The fourth-order valence-electron chi connectivity index (χ4n) is 7.35. The van der Waals surface area contributed by atoms with Crippen LogP contribution in [0.3, 0.4) is 0 Å². The summed E-state index contributed by atoms with van der Waals surface area (Å²) in [5.74, 6) is 4.22. The van der Waals surface area contributed by atoms with E-state index in [0.29, 0.717) is 48.4 Å². The Labute approximate surface area is 192 Å². The topological polar surface area (TPSA) is 82.1 Å². The Morgan fingerprint density at radius 1 is 0.970 bits per heavy atom. The third kappa shape index (κ3) is 3.15. The Hall–Kier alpha value is -2.67. The van der Waals surface area contributed by atoms with Crippen molar-refractivity contribution in [2.24, 2.45) is 23.7 Å². The molecule has 33 heavy (non-hydrogen) atoms. The number of nitrogens with zero attached hydrogens (tertiary/aromatic N) is 4. The summed E-state index contributed by atoms with van der Waals surface area (Å²) in [6, 6.07) is 10.2. The fraction of sp³-hybridized carbons (Fsp3) is 0.577. The number of aliphatic hydroxyl groups is 1. The van der Waals surface area contributed by atoms with Crippen molar-refractivity contribution < 1.29 is 5.11 Å². The average Bonchev–Trinajstić information content (AvgIpc) is 3.40. The highest BCUT2D eigenvalue weighted by atomic mass is 16.3. The molecule has 0 saturated heterocycles. The van der Waals surface area contributed by atoms with Crippen LogP contribution in [0.15, 0.2) is 39.9 Å². The molecule has 2 heterocycles. The van der Waals surface area contributed by atoms with Crippen LogP contribution in [-0.4, -0.2) is 30.4 Å². The molecule has 3 aromatic rings. The van der Waals surface area contributed by atoms with E-state index in [0.717, 1.165) is 23.2 Å². The number of hydrogen-bond acceptors (Lipinski definition) is 4. The zero-order valence-electron chi connectivity index (χ0n) is 19.2. The van der Waals surface area contributed by atoms with Gasteiger partial charge in [0.2, 0.25) is 0 Å². The maximum absolute atomic E-state index is 13.7. The molecule has 1 aromatic carbocycles. The van der Waals surface area contributed by atoms with Crippen molar-refractivity contribution in [2.75, 3.05) is 6.61 Å². The third-order valence-electron chi connectivity index (χ3n) is 8.45. The van der Waals surface area contributed by atoms with Gasteiger partial charge in [-0.2, -0.15) is 0 Å². The Morgan fingerprint density at radius 3 is 2.48 bits per heavy atom. The zero-order chi connectivity index (χ0) is 22.7. The molecular weight excluding hydrogens is 416 g/mol. The summed E-state index contributed by atoms with van der Waals surface area (Å²) < 4.78 is 4.96. The van der Waals surface area contributed by atoms with Gasteiger partial charge in [-0.15, -0.1) is 0 Å². The third-order valence-corrected chi connectivity index (χ3v) is 8.45. The second-order valence-corrected chi connectivity index (χ2v) is 10.3. The molecule has 4 fully saturated rings. The number of benzene rings is 1. The Morgan fingerprint density at radius 2 is 1.76 bits per heavy atom. The van der Waals surface area contributed by atoms with E-state index in [-0.39, 0.29) is 24.4 Å². The van der Waals surface area contributed by atoms with E-state index in [9.17, 15) is 14.7 Å². The van der Waals surface area contributed by atoms with Gasteiger partial charge >= 0.3 is 5.69 Å². The van der Waals surface area contributed by atoms with Crippen LogP contribution in [0.5, 0.6) is 0 Å². The van der Waals surface area contributed by atoms with Gasteiger partial charge in [0, 0.05) is 19.0 Å². The predicted octanol–water partition coefficient (Wildman–Crippen LogP) is 2.96. The maximum atomic E-state index is 13.7. The van der Waals surface area contributed by atoms with Crippen LogP contribution in [0.25, 0.3) is 11.2 Å². The molecule has 174 valence electrons. The largest absolute Gasteiger partial charge is 0.395 e. The highest BCUT2D eigenvalue weighted by molar-refractivity contribution is 5.71. The first kappa shape index (κ1) is 20.9. The van der Waals surface area contributed by atoms with Crippen molar-refractivity contribution in [3.05, 3.63) is 62.6 Å². The van der Waals surface area contributed by atoms with Gasteiger partial charge < -0.3 is 9.67 Å². The van der Waals surface area contributed by atoms with Gasteiger partial charge in [0.05, 0.1) is 13.2 Å². The van der Waals surface area contributed by atoms with E-state index in [4.69, 9.17) is 4.98 Å². The lowest BCUT2D eigenvalue weighted by Crippen LogP contribution is -2.41. The van der Waals surface area contributed by atoms with Crippen molar-refractivity contribution >= 4 is 11.2 Å². The van der Waals surface area contributed by atoms with Crippen molar-refractivity contribution in [3.63, 3.8) is 0 Å². The lowest BCUT2D eigenvalue weighted by atomic mass is 9.75. The van der Waals surface area contributed by atoms with Crippen LogP contribution in [0.2, 0.25) is 0 Å². The molecule has 4 aliphatic rings. The molecule has 7 heteroatoms.